The summed E-state index contributed by atoms with van der Waals surface area (Å²) in [4.78, 5) is 10.9. The summed E-state index contributed by atoms with van der Waals surface area (Å²) < 4.78 is 75.5. The van der Waals surface area contributed by atoms with Crippen molar-refractivity contribution in [2.45, 2.75) is 13.0 Å². The molecule has 0 bridgehead atoms. The minimum atomic E-state index is -0.287. The van der Waals surface area contributed by atoms with E-state index in [0.29, 0.717) is 172 Å². The molecule has 15 heteroatoms. The van der Waals surface area contributed by atoms with Gasteiger partial charge in [-0.15, -0.1) is 0 Å². The molecule has 0 radical (unpaired) electrons. The van der Waals surface area contributed by atoms with Crippen LogP contribution in [0, 0.1) is 0 Å². The Labute approximate surface area is 298 Å². The summed E-state index contributed by atoms with van der Waals surface area (Å²) >= 11 is 0. The first-order valence-corrected chi connectivity index (χ1v) is 17.4. The third-order valence-corrected chi connectivity index (χ3v) is 6.25. The maximum absolute atomic E-state index is 10.9. The molecule has 0 saturated heterocycles. The molecule has 1 rings (SSSR count). The van der Waals surface area contributed by atoms with Crippen molar-refractivity contribution in [2.75, 3.05) is 172 Å². The van der Waals surface area contributed by atoms with E-state index in [1.165, 1.54) is 7.11 Å². The normalized spacial score (nSPS) is 11.4. The predicted molar refractivity (Wildman–Crippen MR) is 183 cm³/mol. The monoisotopic (exact) mass is 722 g/mol. The van der Waals surface area contributed by atoms with Gasteiger partial charge >= 0.3 is 5.97 Å². The Morgan fingerprint density at radius 3 is 0.860 bits per heavy atom. The minimum Gasteiger partial charge on any atom is -0.469 e. The van der Waals surface area contributed by atoms with Crippen molar-refractivity contribution in [1.29, 1.82) is 0 Å². The van der Waals surface area contributed by atoms with Gasteiger partial charge in [0, 0.05) is 0 Å². The van der Waals surface area contributed by atoms with Gasteiger partial charge in [-0.25, -0.2) is 0 Å². The van der Waals surface area contributed by atoms with Gasteiger partial charge in [-0.1, -0.05) is 30.3 Å². The first-order valence-electron chi connectivity index (χ1n) is 17.4. The van der Waals surface area contributed by atoms with E-state index >= 15 is 0 Å². The van der Waals surface area contributed by atoms with E-state index in [0.717, 1.165) is 5.56 Å². The molecular formula is C35H62O15. The van der Waals surface area contributed by atoms with Crippen LogP contribution in [0.2, 0.25) is 0 Å². The van der Waals surface area contributed by atoms with Crippen molar-refractivity contribution in [3.63, 3.8) is 0 Å². The molecule has 1 aromatic rings. The molecule has 0 saturated carbocycles. The molecule has 0 spiro atoms. The molecule has 50 heavy (non-hydrogen) atoms. The smallest absolute Gasteiger partial charge is 0.307 e. The van der Waals surface area contributed by atoms with E-state index in [9.17, 15) is 4.79 Å². The van der Waals surface area contributed by atoms with Crippen LogP contribution in [0.4, 0.5) is 0 Å². The molecule has 292 valence electrons. The number of carbonyl (C=O) groups is 1. The molecule has 0 fully saturated rings. The van der Waals surface area contributed by atoms with Gasteiger partial charge in [-0.05, 0) is 5.56 Å². The first-order chi connectivity index (χ1) is 24.8. The molecule has 0 N–H and O–H groups in total. The molecule has 0 aliphatic carbocycles. The van der Waals surface area contributed by atoms with E-state index < -0.39 is 0 Å². The van der Waals surface area contributed by atoms with Crippen LogP contribution in [0.25, 0.3) is 0 Å². The Bertz CT molecular complexity index is 806. The second-order valence-electron chi connectivity index (χ2n) is 10.2. The maximum atomic E-state index is 10.9. The van der Waals surface area contributed by atoms with Crippen molar-refractivity contribution >= 4 is 5.97 Å². The number of rotatable bonds is 41. The number of ether oxygens (including phenoxy) is 14. The summed E-state index contributed by atoms with van der Waals surface area (Å²) in [6.07, 6.45) is 0.243. The molecule has 0 amide bonds. The number of esters is 1. The topological polar surface area (TPSA) is 146 Å². The van der Waals surface area contributed by atoms with Crippen molar-refractivity contribution < 1.29 is 71.1 Å². The first kappa shape index (κ1) is 46.2. The van der Waals surface area contributed by atoms with Gasteiger partial charge in [-0.3, -0.25) is 4.79 Å². The SMILES string of the molecule is COC(=O)CCOCCOCCOCCOCCOCCOCCOCCOCCOCCOCCOCCOCCOCc1ccccc1. The van der Waals surface area contributed by atoms with E-state index in [1.54, 1.807) is 0 Å². The van der Waals surface area contributed by atoms with E-state index in [4.69, 9.17) is 61.6 Å². The highest BCUT2D eigenvalue weighted by molar-refractivity contribution is 5.69. The van der Waals surface area contributed by atoms with Gasteiger partial charge < -0.3 is 66.3 Å². The number of methoxy groups -OCH3 is 1. The molecule has 0 aliphatic rings. The van der Waals surface area contributed by atoms with Crippen LogP contribution < -0.4 is 0 Å². The van der Waals surface area contributed by atoms with Crippen LogP contribution in [0.5, 0.6) is 0 Å². The van der Waals surface area contributed by atoms with Crippen molar-refractivity contribution in [3.05, 3.63) is 35.9 Å². The molecule has 0 aliphatic heterocycles. The molecule has 15 nitrogen and oxygen atoms in total. The zero-order valence-electron chi connectivity index (χ0n) is 30.1. The van der Waals surface area contributed by atoms with E-state index in [1.807, 2.05) is 30.3 Å². The summed E-state index contributed by atoms with van der Waals surface area (Å²) in [6.45, 7) is 12.9. The third-order valence-electron chi connectivity index (χ3n) is 6.25. The van der Waals surface area contributed by atoms with E-state index in [2.05, 4.69) is 4.74 Å². The zero-order valence-corrected chi connectivity index (χ0v) is 30.1. The Morgan fingerprint density at radius 2 is 0.600 bits per heavy atom. The summed E-state index contributed by atoms with van der Waals surface area (Å²) in [5, 5.41) is 0. The summed E-state index contributed by atoms with van der Waals surface area (Å²) in [5.74, 6) is -0.287. The number of carbonyl (C=O) groups excluding carboxylic acids is 1. The quantitative estimate of drug-likeness (QED) is 0.0717. The lowest BCUT2D eigenvalue weighted by Crippen LogP contribution is -2.15. The highest BCUT2D eigenvalue weighted by Gasteiger charge is 2.00. The Kier molecular flexibility index (Phi) is 36.9. The molecular weight excluding hydrogens is 660 g/mol. The lowest BCUT2D eigenvalue weighted by Gasteiger charge is -2.09. The van der Waals surface area contributed by atoms with Crippen LogP contribution in [0.3, 0.4) is 0 Å². The highest BCUT2D eigenvalue weighted by Crippen LogP contribution is 2.00. The van der Waals surface area contributed by atoms with Crippen LogP contribution in [-0.2, 0) is 77.7 Å². The van der Waals surface area contributed by atoms with Crippen LogP contribution >= 0.6 is 0 Å². The second kappa shape index (κ2) is 39.9. The fourth-order valence-electron chi connectivity index (χ4n) is 3.66. The van der Waals surface area contributed by atoms with E-state index in [-0.39, 0.29) is 12.4 Å². The van der Waals surface area contributed by atoms with Crippen LogP contribution in [-0.4, -0.2) is 178 Å². The fraction of sp³-hybridized carbons (Fsp3) is 0.800. The molecule has 0 unspecified atom stereocenters. The average molecular weight is 723 g/mol. The highest BCUT2D eigenvalue weighted by atomic mass is 16.6. The van der Waals surface area contributed by atoms with Gasteiger partial charge in [0.15, 0.2) is 0 Å². The molecule has 0 aromatic heterocycles. The van der Waals surface area contributed by atoms with Gasteiger partial charge in [0.25, 0.3) is 0 Å². The third kappa shape index (κ3) is 36.0. The van der Waals surface area contributed by atoms with Crippen molar-refractivity contribution in [3.8, 4) is 0 Å². The van der Waals surface area contributed by atoms with Crippen LogP contribution in [0.15, 0.2) is 30.3 Å². The second-order valence-corrected chi connectivity index (χ2v) is 10.2. The Balaban J connectivity index is 1.61. The zero-order chi connectivity index (χ0) is 35.7. The largest absolute Gasteiger partial charge is 0.469 e. The minimum absolute atomic E-state index is 0.243. The molecule has 1 aromatic carbocycles. The van der Waals surface area contributed by atoms with Gasteiger partial charge in [0.2, 0.25) is 0 Å². The predicted octanol–water partition coefficient (Wildman–Crippen LogP) is 1.97. The summed E-state index contributed by atoms with van der Waals surface area (Å²) in [7, 11) is 1.35. The summed E-state index contributed by atoms with van der Waals surface area (Å²) in [6, 6.07) is 10.1. The number of hydrogen-bond acceptors (Lipinski definition) is 15. The van der Waals surface area contributed by atoms with Gasteiger partial charge in [-0.2, -0.15) is 0 Å². The average Bonchev–Trinajstić information content (AvgIpc) is 3.14. The van der Waals surface area contributed by atoms with Gasteiger partial charge in [0.1, 0.15) is 0 Å². The van der Waals surface area contributed by atoms with Crippen molar-refractivity contribution in [2.24, 2.45) is 0 Å². The van der Waals surface area contributed by atoms with Gasteiger partial charge in [0.05, 0.1) is 185 Å². The number of benzene rings is 1. The Hall–Kier alpha value is -1.83. The maximum Gasteiger partial charge on any atom is 0.307 e. The van der Waals surface area contributed by atoms with Crippen molar-refractivity contribution in [1.82, 2.24) is 0 Å². The lowest BCUT2D eigenvalue weighted by atomic mass is 10.2. The fourth-order valence-corrected chi connectivity index (χ4v) is 3.66. The lowest BCUT2D eigenvalue weighted by molar-refractivity contribution is -0.141. The summed E-state index contributed by atoms with van der Waals surface area (Å²) in [5.41, 5.74) is 1.16. The standard InChI is InChI=1S/C35H62O15/c1-37-35(36)7-8-38-9-10-39-11-12-40-13-14-41-15-16-42-17-18-43-19-20-44-21-22-45-23-24-46-25-26-47-27-28-48-29-30-49-31-32-50-33-34-5-3-2-4-6-34/h2-6H,7-33H2,1H3. The molecule has 0 atom stereocenters. The Morgan fingerprint density at radius 1 is 0.360 bits per heavy atom. The van der Waals surface area contributed by atoms with Crippen LogP contribution in [0.1, 0.15) is 12.0 Å². The number of hydrogen-bond donors (Lipinski definition) is 0. The molecule has 0 heterocycles.